The fourth-order valence-corrected chi connectivity index (χ4v) is 3.27. The highest BCUT2D eigenvalue weighted by molar-refractivity contribution is 6.31. The van der Waals surface area contributed by atoms with Crippen LogP contribution in [0.1, 0.15) is 22.8 Å². The van der Waals surface area contributed by atoms with Gasteiger partial charge in [0.15, 0.2) is 0 Å². The number of nitrogens with one attached hydrogen (secondary N) is 3. The number of carbonyl (C=O) groups is 2. The van der Waals surface area contributed by atoms with Gasteiger partial charge >= 0.3 is 6.18 Å². The maximum absolute atomic E-state index is 12.9. The van der Waals surface area contributed by atoms with Crippen molar-refractivity contribution >= 4 is 46.2 Å². The first-order chi connectivity index (χ1) is 16.5. The van der Waals surface area contributed by atoms with Gasteiger partial charge in [0.25, 0.3) is 11.6 Å². The summed E-state index contributed by atoms with van der Waals surface area (Å²) in [7, 11) is 0. The number of anilines is 3. The van der Waals surface area contributed by atoms with Crippen molar-refractivity contribution in [2.45, 2.75) is 19.1 Å². The van der Waals surface area contributed by atoms with E-state index in [2.05, 4.69) is 16.0 Å². The largest absolute Gasteiger partial charge is 0.416 e. The summed E-state index contributed by atoms with van der Waals surface area (Å²) in [6, 6.07) is 13.5. The fourth-order valence-electron chi connectivity index (χ4n) is 3.08. The summed E-state index contributed by atoms with van der Waals surface area (Å²) in [5.74, 6) is -1.20. The molecule has 1 atom stereocenters. The maximum Gasteiger partial charge on any atom is 0.416 e. The normalized spacial score (nSPS) is 11.9. The fraction of sp³-hybridized carbons (Fsp3) is 0.130. The van der Waals surface area contributed by atoms with Gasteiger partial charge in [-0.3, -0.25) is 19.7 Å². The van der Waals surface area contributed by atoms with Gasteiger partial charge in [-0.25, -0.2) is 0 Å². The van der Waals surface area contributed by atoms with E-state index in [0.717, 1.165) is 6.07 Å². The molecular weight excluding hydrogens is 489 g/mol. The molecule has 3 aromatic carbocycles. The van der Waals surface area contributed by atoms with Crippen LogP contribution >= 0.6 is 11.6 Å². The van der Waals surface area contributed by atoms with E-state index in [4.69, 9.17) is 11.6 Å². The molecule has 0 heterocycles. The molecule has 0 aliphatic rings. The molecule has 0 aliphatic carbocycles. The Kier molecular flexibility index (Phi) is 7.60. The Morgan fingerprint density at radius 3 is 2.34 bits per heavy atom. The lowest BCUT2D eigenvalue weighted by molar-refractivity contribution is -0.384. The Morgan fingerprint density at radius 2 is 1.69 bits per heavy atom. The summed E-state index contributed by atoms with van der Waals surface area (Å²) in [6.07, 6.45) is -4.76. The molecule has 12 heteroatoms. The Labute approximate surface area is 202 Å². The van der Waals surface area contributed by atoms with Crippen LogP contribution in [0.3, 0.4) is 0 Å². The molecule has 0 radical (unpaired) electrons. The summed E-state index contributed by atoms with van der Waals surface area (Å²) >= 11 is 5.92. The van der Waals surface area contributed by atoms with E-state index in [9.17, 15) is 32.9 Å². The highest BCUT2D eigenvalue weighted by Gasteiger charge is 2.33. The third-order valence-electron chi connectivity index (χ3n) is 4.80. The van der Waals surface area contributed by atoms with Gasteiger partial charge in [-0.05, 0) is 49.4 Å². The van der Waals surface area contributed by atoms with Crippen molar-refractivity contribution in [3.63, 3.8) is 0 Å². The zero-order valence-electron chi connectivity index (χ0n) is 18.0. The second-order valence-electron chi connectivity index (χ2n) is 7.35. The van der Waals surface area contributed by atoms with Crippen molar-refractivity contribution in [2.75, 3.05) is 16.0 Å². The molecule has 1 unspecified atom stereocenters. The van der Waals surface area contributed by atoms with E-state index in [1.54, 1.807) is 36.4 Å². The van der Waals surface area contributed by atoms with E-state index in [0.29, 0.717) is 22.8 Å². The number of benzene rings is 3. The van der Waals surface area contributed by atoms with Crippen molar-refractivity contribution in [1.82, 2.24) is 0 Å². The van der Waals surface area contributed by atoms with Gasteiger partial charge in [0.05, 0.1) is 21.7 Å². The third kappa shape index (κ3) is 6.48. The molecule has 35 heavy (non-hydrogen) atoms. The van der Waals surface area contributed by atoms with Crippen LogP contribution in [-0.2, 0) is 11.0 Å². The first-order valence-corrected chi connectivity index (χ1v) is 10.4. The first-order valence-electron chi connectivity index (χ1n) is 10.0. The van der Waals surface area contributed by atoms with E-state index >= 15 is 0 Å². The molecule has 0 aliphatic heterocycles. The number of para-hydroxylation sites is 1. The number of nitro benzene ring substituents is 1. The smallest absolute Gasteiger partial charge is 0.368 e. The summed E-state index contributed by atoms with van der Waals surface area (Å²) in [4.78, 5) is 35.8. The highest BCUT2D eigenvalue weighted by atomic mass is 35.5. The predicted octanol–water partition coefficient (Wildman–Crippen LogP) is 5.96. The van der Waals surface area contributed by atoms with Gasteiger partial charge in [0.1, 0.15) is 11.7 Å². The van der Waals surface area contributed by atoms with Crippen molar-refractivity contribution < 1.29 is 27.7 Å². The van der Waals surface area contributed by atoms with Crippen LogP contribution in [0.25, 0.3) is 0 Å². The summed E-state index contributed by atoms with van der Waals surface area (Å²) in [5.41, 5.74) is -1.56. The molecule has 0 fully saturated rings. The number of hydrogen-bond donors (Lipinski definition) is 3. The van der Waals surface area contributed by atoms with Crippen molar-refractivity contribution in [2.24, 2.45) is 0 Å². The molecule has 0 saturated carbocycles. The molecule has 0 bridgehead atoms. The van der Waals surface area contributed by atoms with Crippen LogP contribution in [0.5, 0.6) is 0 Å². The lowest BCUT2D eigenvalue weighted by atomic mass is 10.1. The minimum Gasteiger partial charge on any atom is -0.368 e. The Bertz CT molecular complexity index is 1280. The summed E-state index contributed by atoms with van der Waals surface area (Å²) in [6.45, 7) is 1.37. The highest BCUT2D eigenvalue weighted by Crippen LogP contribution is 2.35. The topological polar surface area (TPSA) is 113 Å². The van der Waals surface area contributed by atoms with Crippen LogP contribution < -0.4 is 16.0 Å². The van der Waals surface area contributed by atoms with Crippen LogP contribution in [-0.4, -0.2) is 22.8 Å². The molecule has 3 N–H and O–H groups in total. The predicted molar refractivity (Wildman–Crippen MR) is 126 cm³/mol. The quantitative estimate of drug-likeness (QED) is 0.270. The van der Waals surface area contributed by atoms with Gasteiger partial charge in [0.2, 0.25) is 5.91 Å². The number of nitrogens with zero attached hydrogens (tertiary/aromatic N) is 1. The summed E-state index contributed by atoms with van der Waals surface area (Å²) < 4.78 is 38.7. The van der Waals surface area contributed by atoms with Gasteiger partial charge in [-0.1, -0.05) is 29.8 Å². The number of nitro groups is 1. The standard InChI is InChI=1S/C23H18ClF3N4O4/c1-13(28-19-10-9-14(23(25,26)27)11-20(19)31(34)35)21(32)30-18-8-3-2-7-17(18)22(33)29-16-6-4-5-15(24)12-16/h2-13,28H,1H3,(H,29,33)(H,30,32). The lowest BCUT2D eigenvalue weighted by Gasteiger charge is -2.17. The van der Waals surface area contributed by atoms with Crippen molar-refractivity contribution in [1.29, 1.82) is 0 Å². The van der Waals surface area contributed by atoms with Crippen LogP contribution in [0.4, 0.5) is 35.9 Å². The van der Waals surface area contributed by atoms with Crippen LogP contribution in [0.2, 0.25) is 5.02 Å². The van der Waals surface area contributed by atoms with Gasteiger partial charge < -0.3 is 16.0 Å². The number of amides is 2. The number of alkyl halides is 3. The summed E-state index contributed by atoms with van der Waals surface area (Å²) in [5, 5.41) is 19.5. The molecule has 182 valence electrons. The Balaban J connectivity index is 1.76. The second kappa shape index (κ2) is 10.4. The SMILES string of the molecule is CC(Nc1ccc(C(F)(F)F)cc1[N+](=O)[O-])C(=O)Nc1ccccc1C(=O)Nc1cccc(Cl)c1. The third-order valence-corrected chi connectivity index (χ3v) is 5.03. The average molecular weight is 507 g/mol. The second-order valence-corrected chi connectivity index (χ2v) is 7.79. The van der Waals surface area contributed by atoms with Crippen LogP contribution in [0, 0.1) is 10.1 Å². The van der Waals surface area contributed by atoms with Crippen molar-refractivity contribution in [3.8, 4) is 0 Å². The number of hydrogen-bond acceptors (Lipinski definition) is 5. The van der Waals surface area contributed by atoms with E-state index in [-0.39, 0.29) is 16.9 Å². The number of rotatable bonds is 7. The number of halogens is 4. The monoisotopic (exact) mass is 506 g/mol. The number of carbonyl (C=O) groups excluding carboxylic acids is 2. The van der Waals surface area contributed by atoms with Gasteiger partial charge in [-0.15, -0.1) is 0 Å². The average Bonchev–Trinajstić information content (AvgIpc) is 2.78. The molecule has 0 spiro atoms. The zero-order valence-corrected chi connectivity index (χ0v) is 18.8. The van der Waals surface area contributed by atoms with Crippen molar-refractivity contribution in [3.05, 3.63) is 93.0 Å². The van der Waals surface area contributed by atoms with Gasteiger partial charge in [-0.2, -0.15) is 13.2 Å². The van der Waals surface area contributed by atoms with E-state index in [1.807, 2.05) is 0 Å². The molecule has 8 nitrogen and oxygen atoms in total. The Morgan fingerprint density at radius 1 is 0.971 bits per heavy atom. The zero-order chi connectivity index (χ0) is 25.8. The van der Waals surface area contributed by atoms with Gasteiger partial charge in [0, 0.05) is 16.8 Å². The Hall–Kier alpha value is -4.12. The molecule has 2 amide bonds. The minimum absolute atomic E-state index is 0.133. The first kappa shape index (κ1) is 25.5. The lowest BCUT2D eigenvalue weighted by Crippen LogP contribution is -2.32. The van der Waals surface area contributed by atoms with E-state index < -0.39 is 40.2 Å². The van der Waals surface area contributed by atoms with Crippen LogP contribution in [0.15, 0.2) is 66.7 Å². The molecule has 3 rings (SSSR count). The molecule has 3 aromatic rings. The molecule has 0 aromatic heterocycles. The maximum atomic E-state index is 12.9. The minimum atomic E-state index is -4.76. The van der Waals surface area contributed by atoms with E-state index in [1.165, 1.54) is 19.1 Å². The molecule has 0 saturated heterocycles. The molecular formula is C23H18ClF3N4O4.